The number of hydrogen-bond donors (Lipinski definition) is 3. The van der Waals surface area contributed by atoms with Gasteiger partial charge in [0.25, 0.3) is 0 Å². The standard InChI is InChI=1S/C8H14N2O3/c1-4(2)3-5-6(7(11)12)10-8(13)9-5/h4-6H,3H2,1-2H3,(H,11,12)(H2,9,10,13). The van der Waals surface area contributed by atoms with E-state index in [1.54, 1.807) is 0 Å². The zero-order chi connectivity index (χ0) is 10.0. The van der Waals surface area contributed by atoms with Crippen molar-refractivity contribution in [1.82, 2.24) is 10.6 Å². The van der Waals surface area contributed by atoms with E-state index < -0.39 is 18.0 Å². The van der Waals surface area contributed by atoms with Crippen LogP contribution >= 0.6 is 0 Å². The van der Waals surface area contributed by atoms with Gasteiger partial charge in [0.1, 0.15) is 6.04 Å². The Morgan fingerprint density at radius 2 is 2.15 bits per heavy atom. The van der Waals surface area contributed by atoms with Gasteiger partial charge in [-0.15, -0.1) is 0 Å². The molecule has 13 heavy (non-hydrogen) atoms. The van der Waals surface area contributed by atoms with Crippen LogP contribution < -0.4 is 10.6 Å². The molecule has 0 aromatic carbocycles. The molecule has 5 heteroatoms. The first-order valence-electron chi connectivity index (χ1n) is 4.30. The van der Waals surface area contributed by atoms with E-state index >= 15 is 0 Å². The molecule has 0 aromatic rings. The third-order valence-electron chi connectivity index (χ3n) is 2.00. The molecule has 1 rings (SSSR count). The maximum absolute atomic E-state index is 10.9. The summed E-state index contributed by atoms with van der Waals surface area (Å²) in [6.45, 7) is 3.98. The molecule has 0 aliphatic carbocycles. The molecule has 1 heterocycles. The van der Waals surface area contributed by atoms with Crippen molar-refractivity contribution in [3.8, 4) is 0 Å². The highest BCUT2D eigenvalue weighted by molar-refractivity contribution is 5.87. The van der Waals surface area contributed by atoms with Crippen LogP contribution in [-0.4, -0.2) is 29.2 Å². The van der Waals surface area contributed by atoms with Crippen LogP contribution in [0.4, 0.5) is 4.79 Å². The summed E-state index contributed by atoms with van der Waals surface area (Å²) in [5.41, 5.74) is 0. The molecule has 2 atom stereocenters. The molecule has 74 valence electrons. The summed E-state index contributed by atoms with van der Waals surface area (Å²) in [5, 5.41) is 13.7. The average Bonchev–Trinajstić information content (AvgIpc) is 2.29. The Kier molecular flexibility index (Phi) is 2.75. The van der Waals surface area contributed by atoms with E-state index in [0.29, 0.717) is 12.3 Å². The highest BCUT2D eigenvalue weighted by Crippen LogP contribution is 2.12. The molecule has 0 bridgehead atoms. The molecule has 2 amide bonds. The van der Waals surface area contributed by atoms with Gasteiger partial charge in [0.2, 0.25) is 0 Å². The molecule has 1 saturated heterocycles. The molecule has 0 aromatic heterocycles. The molecule has 0 spiro atoms. The lowest BCUT2D eigenvalue weighted by molar-refractivity contribution is -0.139. The minimum absolute atomic E-state index is 0.287. The maximum atomic E-state index is 10.9. The summed E-state index contributed by atoms with van der Waals surface area (Å²) in [7, 11) is 0. The molecule has 1 aliphatic rings. The Morgan fingerprint density at radius 1 is 1.54 bits per heavy atom. The van der Waals surface area contributed by atoms with E-state index in [-0.39, 0.29) is 6.04 Å². The van der Waals surface area contributed by atoms with E-state index in [1.165, 1.54) is 0 Å². The molecule has 5 nitrogen and oxygen atoms in total. The van der Waals surface area contributed by atoms with Crippen LogP contribution in [0.3, 0.4) is 0 Å². The Labute approximate surface area is 76.5 Å². The summed E-state index contributed by atoms with van der Waals surface area (Å²) in [6, 6.07) is -1.46. The van der Waals surface area contributed by atoms with E-state index in [1.807, 2.05) is 13.8 Å². The Hall–Kier alpha value is -1.26. The first kappa shape index (κ1) is 9.83. The zero-order valence-electron chi connectivity index (χ0n) is 7.70. The van der Waals surface area contributed by atoms with Crippen LogP contribution in [0.1, 0.15) is 20.3 Å². The summed E-state index contributed by atoms with van der Waals surface area (Å²) in [4.78, 5) is 21.5. The molecule has 2 unspecified atom stereocenters. The first-order valence-corrected chi connectivity index (χ1v) is 4.30. The maximum Gasteiger partial charge on any atom is 0.328 e. The molecule has 0 radical (unpaired) electrons. The van der Waals surface area contributed by atoms with Crippen molar-refractivity contribution >= 4 is 12.0 Å². The van der Waals surface area contributed by atoms with Crippen molar-refractivity contribution in [1.29, 1.82) is 0 Å². The largest absolute Gasteiger partial charge is 0.480 e. The highest BCUT2D eigenvalue weighted by Gasteiger charge is 2.36. The number of amides is 2. The number of hydrogen-bond acceptors (Lipinski definition) is 2. The van der Waals surface area contributed by atoms with Gasteiger partial charge in [-0.2, -0.15) is 0 Å². The number of carboxylic acids is 1. The minimum Gasteiger partial charge on any atom is -0.480 e. The van der Waals surface area contributed by atoms with Crippen molar-refractivity contribution in [2.24, 2.45) is 5.92 Å². The minimum atomic E-state index is -0.982. The van der Waals surface area contributed by atoms with Crippen molar-refractivity contribution in [3.63, 3.8) is 0 Å². The predicted octanol–water partition coefficient (Wildman–Crippen LogP) is 0.167. The predicted molar refractivity (Wildman–Crippen MR) is 46.3 cm³/mol. The number of carbonyl (C=O) groups is 2. The normalized spacial score (nSPS) is 27.2. The number of aliphatic carboxylic acids is 1. The summed E-state index contributed by atoms with van der Waals surface area (Å²) in [6.07, 6.45) is 0.676. The zero-order valence-corrected chi connectivity index (χ0v) is 7.70. The van der Waals surface area contributed by atoms with E-state index in [0.717, 1.165) is 0 Å². The fourth-order valence-electron chi connectivity index (χ4n) is 1.47. The van der Waals surface area contributed by atoms with Crippen LogP contribution in [0.25, 0.3) is 0 Å². The number of rotatable bonds is 3. The molecular weight excluding hydrogens is 172 g/mol. The highest BCUT2D eigenvalue weighted by atomic mass is 16.4. The second-order valence-corrected chi connectivity index (χ2v) is 3.67. The lowest BCUT2D eigenvalue weighted by atomic mass is 9.99. The summed E-state index contributed by atoms with van der Waals surface area (Å²) >= 11 is 0. The number of urea groups is 1. The van der Waals surface area contributed by atoms with Gasteiger partial charge < -0.3 is 15.7 Å². The summed E-state index contributed by atoms with van der Waals surface area (Å²) in [5.74, 6) is -0.615. The fourth-order valence-corrected chi connectivity index (χ4v) is 1.47. The molecule has 1 aliphatic heterocycles. The van der Waals surface area contributed by atoms with Crippen molar-refractivity contribution < 1.29 is 14.7 Å². The third-order valence-corrected chi connectivity index (χ3v) is 2.00. The van der Waals surface area contributed by atoms with Crippen molar-refractivity contribution in [2.45, 2.75) is 32.4 Å². The second-order valence-electron chi connectivity index (χ2n) is 3.67. The lowest BCUT2D eigenvalue weighted by Crippen LogP contribution is -2.41. The fraction of sp³-hybridized carbons (Fsp3) is 0.750. The van der Waals surface area contributed by atoms with Gasteiger partial charge in [0.05, 0.1) is 6.04 Å². The van der Waals surface area contributed by atoms with Gasteiger partial charge in [0.15, 0.2) is 0 Å². The number of carboxylic acid groups (broad SMARTS) is 1. The molecule has 1 fully saturated rings. The van der Waals surface area contributed by atoms with Crippen LogP contribution in [0.2, 0.25) is 0 Å². The van der Waals surface area contributed by atoms with Gasteiger partial charge in [-0.1, -0.05) is 13.8 Å². The van der Waals surface area contributed by atoms with Gasteiger partial charge in [-0.05, 0) is 12.3 Å². The van der Waals surface area contributed by atoms with Crippen LogP contribution in [0, 0.1) is 5.92 Å². The van der Waals surface area contributed by atoms with Crippen LogP contribution in [-0.2, 0) is 4.79 Å². The average molecular weight is 186 g/mol. The van der Waals surface area contributed by atoms with Crippen molar-refractivity contribution in [3.05, 3.63) is 0 Å². The van der Waals surface area contributed by atoms with E-state index in [2.05, 4.69) is 10.6 Å². The summed E-state index contributed by atoms with van der Waals surface area (Å²) < 4.78 is 0. The van der Waals surface area contributed by atoms with Gasteiger partial charge in [-0.25, -0.2) is 9.59 Å². The third kappa shape index (κ3) is 2.34. The van der Waals surface area contributed by atoms with Crippen LogP contribution in [0.15, 0.2) is 0 Å². The number of nitrogens with one attached hydrogen (secondary N) is 2. The van der Waals surface area contributed by atoms with Gasteiger partial charge >= 0.3 is 12.0 Å². The lowest BCUT2D eigenvalue weighted by Gasteiger charge is -2.16. The Balaban J connectivity index is 2.60. The quantitative estimate of drug-likeness (QED) is 0.587. The number of carbonyl (C=O) groups excluding carboxylic acids is 1. The SMILES string of the molecule is CC(C)CC1NC(=O)NC1C(=O)O. The van der Waals surface area contributed by atoms with Gasteiger partial charge in [0, 0.05) is 0 Å². The Bertz CT molecular complexity index is 227. The monoisotopic (exact) mass is 186 g/mol. The van der Waals surface area contributed by atoms with Crippen LogP contribution in [0.5, 0.6) is 0 Å². The molecule has 0 saturated carbocycles. The Morgan fingerprint density at radius 3 is 2.62 bits per heavy atom. The first-order chi connectivity index (χ1) is 6.00. The van der Waals surface area contributed by atoms with E-state index in [4.69, 9.17) is 5.11 Å². The second kappa shape index (κ2) is 3.64. The van der Waals surface area contributed by atoms with Crippen molar-refractivity contribution in [2.75, 3.05) is 0 Å². The topological polar surface area (TPSA) is 78.4 Å². The molecular formula is C8H14N2O3. The molecule has 3 N–H and O–H groups in total. The van der Waals surface area contributed by atoms with Gasteiger partial charge in [-0.3, -0.25) is 0 Å². The smallest absolute Gasteiger partial charge is 0.328 e. The van der Waals surface area contributed by atoms with E-state index in [9.17, 15) is 9.59 Å².